The third-order valence-corrected chi connectivity index (χ3v) is 5.84. The number of benzene rings is 2. The van der Waals surface area contributed by atoms with E-state index >= 15 is 0 Å². The van der Waals surface area contributed by atoms with Gasteiger partial charge in [-0.15, -0.1) is 0 Å². The molecular formula is C24H24F3N3O2. The molecule has 4 rings (SSSR count). The predicted molar refractivity (Wildman–Crippen MR) is 118 cm³/mol. The van der Waals surface area contributed by atoms with E-state index < -0.39 is 23.8 Å². The molecule has 1 aromatic heterocycles. The van der Waals surface area contributed by atoms with Gasteiger partial charge in [0.1, 0.15) is 17.3 Å². The van der Waals surface area contributed by atoms with Crippen LogP contribution in [-0.2, 0) is 4.79 Å². The number of alkyl halides is 2. The zero-order valence-corrected chi connectivity index (χ0v) is 17.9. The second-order valence-corrected chi connectivity index (χ2v) is 7.84. The number of carbonyl (C=O) groups is 1. The van der Waals surface area contributed by atoms with Crippen molar-refractivity contribution >= 4 is 28.1 Å². The van der Waals surface area contributed by atoms with Crippen LogP contribution < -0.4 is 15.0 Å². The molecule has 3 aromatic rings. The van der Waals surface area contributed by atoms with Crippen LogP contribution in [0, 0.1) is 5.82 Å². The third kappa shape index (κ3) is 4.22. The number of ketones is 1. The maximum atomic E-state index is 14.6. The van der Waals surface area contributed by atoms with Crippen molar-refractivity contribution in [3.05, 3.63) is 59.5 Å². The molecule has 1 saturated heterocycles. The first-order chi connectivity index (χ1) is 15.4. The van der Waals surface area contributed by atoms with Crippen molar-refractivity contribution in [3.63, 3.8) is 0 Å². The molecule has 1 fully saturated rings. The molecule has 1 N–H and O–H groups in total. The highest BCUT2D eigenvalue weighted by molar-refractivity contribution is 5.96. The van der Waals surface area contributed by atoms with E-state index in [9.17, 15) is 18.0 Å². The Morgan fingerprint density at radius 1 is 1.12 bits per heavy atom. The number of nitrogens with one attached hydrogen (secondary N) is 1. The second-order valence-electron chi connectivity index (χ2n) is 7.84. The third-order valence-electron chi connectivity index (χ3n) is 5.84. The molecule has 168 valence electrons. The van der Waals surface area contributed by atoms with Gasteiger partial charge in [-0.1, -0.05) is 18.2 Å². The van der Waals surface area contributed by atoms with Gasteiger partial charge in [0.15, 0.2) is 0 Å². The van der Waals surface area contributed by atoms with Gasteiger partial charge < -0.3 is 15.0 Å². The van der Waals surface area contributed by atoms with Crippen molar-refractivity contribution in [1.29, 1.82) is 0 Å². The van der Waals surface area contributed by atoms with Crippen LogP contribution in [0.15, 0.2) is 42.6 Å². The van der Waals surface area contributed by atoms with Crippen LogP contribution in [0.4, 0.5) is 24.5 Å². The molecule has 0 amide bonds. The minimum atomic E-state index is -2.88. The normalized spacial score (nSPS) is 15.3. The topological polar surface area (TPSA) is 54.5 Å². The summed E-state index contributed by atoms with van der Waals surface area (Å²) in [6.07, 6.45) is -0.288. The summed E-state index contributed by atoms with van der Waals surface area (Å²) in [5.41, 5.74) is 1.78. The Labute approximate surface area is 184 Å². The van der Waals surface area contributed by atoms with Crippen LogP contribution >= 0.6 is 0 Å². The lowest BCUT2D eigenvalue weighted by atomic mass is 10.0. The van der Waals surface area contributed by atoms with E-state index in [-0.39, 0.29) is 11.3 Å². The fraction of sp³-hybridized carbons (Fsp3) is 0.333. The first-order valence-corrected chi connectivity index (χ1v) is 10.5. The monoisotopic (exact) mass is 443 g/mol. The summed E-state index contributed by atoms with van der Waals surface area (Å²) in [7, 11) is 1.59. The number of halogens is 3. The Hall–Kier alpha value is -3.29. The van der Waals surface area contributed by atoms with Crippen molar-refractivity contribution < 1.29 is 22.7 Å². The SMILES string of the molecule is COc1cc2nccc(NC(C)c3cccc(C(F)F)c3F)c2cc1N1CCC(=O)CC1. The van der Waals surface area contributed by atoms with Crippen molar-refractivity contribution in [2.24, 2.45) is 0 Å². The molecule has 2 aromatic carbocycles. The van der Waals surface area contributed by atoms with Crippen LogP contribution in [0.3, 0.4) is 0 Å². The van der Waals surface area contributed by atoms with E-state index in [4.69, 9.17) is 4.74 Å². The summed E-state index contributed by atoms with van der Waals surface area (Å²) in [6.45, 7) is 2.93. The molecule has 0 aliphatic carbocycles. The van der Waals surface area contributed by atoms with Crippen molar-refractivity contribution in [3.8, 4) is 5.75 Å². The van der Waals surface area contributed by atoms with Gasteiger partial charge in [0.05, 0.1) is 29.9 Å². The number of pyridine rings is 1. The molecule has 1 aliphatic heterocycles. The summed E-state index contributed by atoms with van der Waals surface area (Å²) in [5, 5.41) is 4.03. The lowest BCUT2D eigenvalue weighted by molar-refractivity contribution is -0.119. The fourth-order valence-electron chi connectivity index (χ4n) is 4.08. The number of hydrogen-bond donors (Lipinski definition) is 1. The molecule has 0 bridgehead atoms. The highest BCUT2D eigenvalue weighted by Crippen LogP contribution is 2.37. The molecule has 0 spiro atoms. The van der Waals surface area contributed by atoms with Crippen LogP contribution in [0.25, 0.3) is 10.9 Å². The molecule has 8 heteroatoms. The Morgan fingerprint density at radius 2 is 1.84 bits per heavy atom. The Morgan fingerprint density at radius 3 is 2.53 bits per heavy atom. The highest BCUT2D eigenvalue weighted by atomic mass is 19.3. The number of piperidine rings is 1. The first kappa shape index (κ1) is 21.9. The number of nitrogens with zero attached hydrogens (tertiary/aromatic N) is 2. The van der Waals surface area contributed by atoms with Gasteiger partial charge in [0, 0.05) is 54.8 Å². The quantitative estimate of drug-likeness (QED) is 0.533. The Balaban J connectivity index is 1.71. The van der Waals surface area contributed by atoms with E-state index in [1.807, 2.05) is 12.1 Å². The van der Waals surface area contributed by atoms with Crippen molar-refractivity contribution in [2.45, 2.75) is 32.2 Å². The number of ether oxygens (including phenoxy) is 1. The average Bonchev–Trinajstić information content (AvgIpc) is 2.79. The van der Waals surface area contributed by atoms with Gasteiger partial charge in [-0.3, -0.25) is 9.78 Å². The highest BCUT2D eigenvalue weighted by Gasteiger charge is 2.22. The average molecular weight is 443 g/mol. The summed E-state index contributed by atoms with van der Waals surface area (Å²) in [4.78, 5) is 18.2. The molecule has 2 heterocycles. The van der Waals surface area contributed by atoms with Crippen molar-refractivity contribution in [1.82, 2.24) is 4.98 Å². The number of hydrogen-bond acceptors (Lipinski definition) is 5. The number of aromatic nitrogens is 1. The second kappa shape index (κ2) is 9.06. The number of methoxy groups -OCH3 is 1. The standard InChI is InChI=1S/C24H24F3N3O2/c1-14(16-4-3-5-17(23(16)25)24(26)27)29-19-6-9-28-20-13-22(32-2)21(12-18(19)20)30-10-7-15(31)8-11-30/h3-6,9,12-14,24H,7-8,10-11H2,1-2H3,(H,28,29). The van der Waals surface area contributed by atoms with E-state index in [0.29, 0.717) is 42.9 Å². The summed E-state index contributed by atoms with van der Waals surface area (Å²) >= 11 is 0. The minimum absolute atomic E-state index is 0.163. The molecule has 5 nitrogen and oxygen atoms in total. The van der Waals surface area contributed by atoms with E-state index in [1.165, 1.54) is 12.1 Å². The predicted octanol–water partition coefficient (Wildman–Crippen LogP) is 5.66. The molecule has 1 aliphatic rings. The summed E-state index contributed by atoms with van der Waals surface area (Å²) in [6, 6.07) is 9.01. The molecule has 32 heavy (non-hydrogen) atoms. The zero-order chi connectivity index (χ0) is 22.8. The number of rotatable bonds is 6. The van der Waals surface area contributed by atoms with Crippen molar-refractivity contribution in [2.75, 3.05) is 30.4 Å². The Kier molecular flexibility index (Phi) is 6.21. The van der Waals surface area contributed by atoms with Gasteiger partial charge in [0.2, 0.25) is 0 Å². The first-order valence-electron chi connectivity index (χ1n) is 10.5. The van der Waals surface area contributed by atoms with Crippen LogP contribution in [0.1, 0.15) is 43.4 Å². The van der Waals surface area contributed by atoms with Gasteiger partial charge >= 0.3 is 0 Å². The molecule has 0 radical (unpaired) electrons. The van der Waals surface area contributed by atoms with E-state index in [0.717, 1.165) is 17.1 Å². The van der Waals surface area contributed by atoms with Gasteiger partial charge in [0.25, 0.3) is 6.43 Å². The summed E-state index contributed by atoms with van der Waals surface area (Å²) in [5.74, 6) is -0.00617. The number of Topliss-reactive ketones (excluding diaryl/α,β-unsaturated/α-hetero) is 1. The lowest BCUT2D eigenvalue weighted by Crippen LogP contribution is -2.33. The molecule has 1 atom stereocenters. The van der Waals surface area contributed by atoms with E-state index in [2.05, 4.69) is 15.2 Å². The maximum absolute atomic E-state index is 14.6. The van der Waals surface area contributed by atoms with E-state index in [1.54, 1.807) is 26.3 Å². The number of fused-ring (bicyclic) bond motifs is 1. The number of carbonyl (C=O) groups excluding carboxylic acids is 1. The molecule has 0 saturated carbocycles. The smallest absolute Gasteiger partial charge is 0.266 e. The lowest BCUT2D eigenvalue weighted by Gasteiger charge is -2.30. The minimum Gasteiger partial charge on any atom is -0.495 e. The zero-order valence-electron chi connectivity index (χ0n) is 17.9. The maximum Gasteiger partial charge on any atom is 0.266 e. The van der Waals surface area contributed by atoms with Gasteiger partial charge in [-0.25, -0.2) is 13.2 Å². The van der Waals surface area contributed by atoms with Gasteiger partial charge in [-0.2, -0.15) is 0 Å². The molecule has 1 unspecified atom stereocenters. The Bertz CT molecular complexity index is 1140. The van der Waals surface area contributed by atoms with Crippen LogP contribution in [0.2, 0.25) is 0 Å². The number of anilines is 2. The fourth-order valence-corrected chi connectivity index (χ4v) is 4.08. The molecular weight excluding hydrogens is 419 g/mol. The van der Waals surface area contributed by atoms with Crippen LogP contribution in [0.5, 0.6) is 5.75 Å². The largest absolute Gasteiger partial charge is 0.495 e. The van der Waals surface area contributed by atoms with Gasteiger partial charge in [-0.05, 0) is 19.1 Å². The summed E-state index contributed by atoms with van der Waals surface area (Å²) < 4.78 is 46.4. The van der Waals surface area contributed by atoms with Crippen LogP contribution in [-0.4, -0.2) is 31.0 Å².